The van der Waals surface area contributed by atoms with Crippen LogP contribution in [0.1, 0.15) is 0 Å². The average molecular weight is 183 g/mol. The van der Waals surface area contributed by atoms with Crippen molar-refractivity contribution in [3.63, 3.8) is 0 Å². The quantitative estimate of drug-likeness (QED) is 0.418. The molecule has 0 bridgehead atoms. The zero-order valence-corrected chi connectivity index (χ0v) is 8.77. The normalized spacial score (nSPS) is 0. The van der Waals surface area contributed by atoms with Gasteiger partial charge in [-0.05, 0) is 0 Å². The summed E-state index contributed by atoms with van der Waals surface area (Å²) in [6.45, 7) is 0. The second-order valence-electron chi connectivity index (χ2n) is 0. The van der Waals surface area contributed by atoms with Gasteiger partial charge < -0.3 is 21.9 Å². The zero-order chi connectivity index (χ0) is 0. The van der Waals surface area contributed by atoms with Gasteiger partial charge in [0.2, 0.25) is 0 Å². The van der Waals surface area contributed by atoms with Crippen LogP contribution in [-0.2, 0) is 41.4 Å². The molecule has 0 amide bonds. The molecule has 0 aliphatic rings. The van der Waals surface area contributed by atoms with Crippen LogP contribution in [0, 0.1) is 0 Å². The Hall–Kier alpha value is 1.53. The van der Waals surface area contributed by atoms with Crippen molar-refractivity contribution >= 4 is 34.7 Å². The molecule has 0 unspecified atom stereocenters. The third-order valence-electron chi connectivity index (χ3n) is 0. The Bertz CT molecular complexity index is 9.65. The Labute approximate surface area is 75.9 Å². The van der Waals surface area contributed by atoms with Gasteiger partial charge in [0.15, 0.2) is 0 Å². The maximum absolute atomic E-state index is 0. The van der Waals surface area contributed by atoms with Crippen molar-refractivity contribution in [2.75, 3.05) is 0 Å². The molecule has 0 rings (SSSR count). The summed E-state index contributed by atoms with van der Waals surface area (Å²) >= 11 is 0. The molecule has 0 heterocycles. The standard InChI is InChI=1S/2Al.4O.Zn/q2*+3;4*-2;+2. The first-order valence-electron chi connectivity index (χ1n) is 0. The third-order valence-corrected chi connectivity index (χ3v) is 0. The molecule has 7 heavy (non-hydrogen) atoms. The van der Waals surface area contributed by atoms with Crippen molar-refractivity contribution in [1.29, 1.82) is 0 Å². The molecular weight excluding hydrogens is 183 g/mol. The summed E-state index contributed by atoms with van der Waals surface area (Å²) in [6.07, 6.45) is 0. The van der Waals surface area contributed by atoms with Gasteiger partial charge in [0, 0.05) is 0 Å². The van der Waals surface area contributed by atoms with E-state index in [-0.39, 0.29) is 76.1 Å². The molecule has 0 N–H and O–H groups in total. The summed E-state index contributed by atoms with van der Waals surface area (Å²) in [5, 5.41) is 0. The molecule has 0 aromatic carbocycles. The van der Waals surface area contributed by atoms with Gasteiger partial charge in [0.05, 0.1) is 0 Å². The number of rotatable bonds is 0. The Morgan fingerprint density at radius 1 is 0.429 bits per heavy atom. The van der Waals surface area contributed by atoms with Gasteiger partial charge in [0.25, 0.3) is 0 Å². The van der Waals surface area contributed by atoms with Crippen LogP contribution >= 0.6 is 0 Å². The molecule has 0 saturated carbocycles. The van der Waals surface area contributed by atoms with E-state index in [2.05, 4.69) is 0 Å². The topological polar surface area (TPSA) is 114 Å². The van der Waals surface area contributed by atoms with Crippen LogP contribution in [0.5, 0.6) is 0 Å². The van der Waals surface area contributed by atoms with Crippen LogP contribution in [0.4, 0.5) is 0 Å². The van der Waals surface area contributed by atoms with Crippen molar-refractivity contribution in [3.05, 3.63) is 0 Å². The fourth-order valence-electron chi connectivity index (χ4n) is 0. The third kappa shape index (κ3) is 98.5. The summed E-state index contributed by atoms with van der Waals surface area (Å²) < 4.78 is 0. The Balaban J connectivity index is 0. The van der Waals surface area contributed by atoms with Crippen molar-refractivity contribution < 1.29 is 41.4 Å². The minimum atomic E-state index is 0. The van der Waals surface area contributed by atoms with Crippen LogP contribution in [-0.4, -0.2) is 34.7 Å². The molecular formula is Al2O4Zn. The molecule has 0 spiro atoms. The molecule has 0 aliphatic heterocycles. The van der Waals surface area contributed by atoms with Gasteiger partial charge in [-0.2, -0.15) is 0 Å². The second-order valence-corrected chi connectivity index (χ2v) is 0. The first-order chi connectivity index (χ1) is 0. The maximum atomic E-state index is 0. The van der Waals surface area contributed by atoms with E-state index in [0.29, 0.717) is 0 Å². The number of hydrogen-bond acceptors (Lipinski definition) is 0. The van der Waals surface area contributed by atoms with Crippen molar-refractivity contribution in [2.45, 2.75) is 0 Å². The fraction of sp³-hybridized carbons (Fsp3) is 0. The molecule has 0 saturated heterocycles. The van der Waals surface area contributed by atoms with Gasteiger partial charge in [-0.25, -0.2) is 0 Å². The largest absolute Gasteiger partial charge is 3.00 e. The summed E-state index contributed by atoms with van der Waals surface area (Å²) in [7, 11) is 0. The summed E-state index contributed by atoms with van der Waals surface area (Å²) in [5.41, 5.74) is 0. The van der Waals surface area contributed by atoms with Gasteiger partial charge in [0.1, 0.15) is 0 Å². The second kappa shape index (κ2) is 137. The van der Waals surface area contributed by atoms with Crippen LogP contribution in [0.2, 0.25) is 0 Å². The minimum Gasteiger partial charge on any atom is -2.00 e. The SMILES string of the molecule is [Al+3].[Al+3].[O-2].[O-2].[O-2].[O-2].[Zn+2]. The molecule has 0 fully saturated rings. The Morgan fingerprint density at radius 3 is 0.429 bits per heavy atom. The zero-order valence-electron chi connectivity index (χ0n) is 3.49. The Morgan fingerprint density at radius 2 is 0.429 bits per heavy atom. The van der Waals surface area contributed by atoms with Crippen LogP contribution in [0.25, 0.3) is 0 Å². The monoisotopic (exact) mass is 182 g/mol. The van der Waals surface area contributed by atoms with Gasteiger partial charge in [-0.15, -0.1) is 0 Å². The molecule has 0 aliphatic carbocycles. The van der Waals surface area contributed by atoms with Crippen molar-refractivity contribution in [1.82, 2.24) is 0 Å². The molecule has 4 nitrogen and oxygen atoms in total. The predicted octanol–water partition coefficient (Wildman–Crippen LogP) is -1.24. The fourth-order valence-corrected chi connectivity index (χ4v) is 0. The van der Waals surface area contributed by atoms with Crippen molar-refractivity contribution in [3.8, 4) is 0 Å². The van der Waals surface area contributed by atoms with E-state index in [9.17, 15) is 0 Å². The van der Waals surface area contributed by atoms with Crippen LogP contribution < -0.4 is 0 Å². The maximum Gasteiger partial charge on any atom is 3.00 e. The minimum absolute atomic E-state index is 0. The van der Waals surface area contributed by atoms with E-state index in [1.165, 1.54) is 0 Å². The van der Waals surface area contributed by atoms with Gasteiger partial charge in [-0.1, -0.05) is 0 Å². The summed E-state index contributed by atoms with van der Waals surface area (Å²) in [4.78, 5) is 0. The first kappa shape index (κ1) is 207. The average Bonchev–Trinajstić information content (AvgIpc) is 0. The van der Waals surface area contributed by atoms with E-state index < -0.39 is 0 Å². The summed E-state index contributed by atoms with van der Waals surface area (Å²) in [5.74, 6) is 0. The predicted molar refractivity (Wildman–Crippen MR) is 14.3 cm³/mol. The van der Waals surface area contributed by atoms with E-state index in [1.54, 1.807) is 0 Å². The van der Waals surface area contributed by atoms with E-state index in [1.807, 2.05) is 0 Å². The summed E-state index contributed by atoms with van der Waals surface area (Å²) in [6, 6.07) is 0. The molecule has 0 atom stereocenters. The molecule has 0 aromatic rings. The van der Waals surface area contributed by atoms with E-state index in [0.717, 1.165) is 0 Å². The molecule has 0 aromatic heterocycles. The molecule has 32 valence electrons. The van der Waals surface area contributed by atoms with Gasteiger partial charge in [-0.3, -0.25) is 0 Å². The van der Waals surface area contributed by atoms with E-state index >= 15 is 0 Å². The van der Waals surface area contributed by atoms with Crippen LogP contribution in [0.15, 0.2) is 0 Å². The van der Waals surface area contributed by atoms with E-state index in [4.69, 9.17) is 0 Å². The molecule has 7 heteroatoms. The van der Waals surface area contributed by atoms with Crippen molar-refractivity contribution in [2.24, 2.45) is 0 Å². The number of hydrogen-bond donors (Lipinski definition) is 0. The molecule has 0 radical (unpaired) electrons. The Kier molecular flexibility index (Phi) is 4060. The van der Waals surface area contributed by atoms with Crippen LogP contribution in [0.3, 0.4) is 0 Å². The first-order valence-corrected chi connectivity index (χ1v) is 0. The smallest absolute Gasteiger partial charge is 2.00 e. The van der Waals surface area contributed by atoms with Gasteiger partial charge >= 0.3 is 54.2 Å².